The lowest BCUT2D eigenvalue weighted by Crippen LogP contribution is -2.17. The summed E-state index contributed by atoms with van der Waals surface area (Å²) >= 11 is 0. The molecule has 3 aromatic heterocycles. The zero-order chi connectivity index (χ0) is 41.2. The number of pyridine rings is 1. The molecule has 0 fully saturated rings. The highest BCUT2D eigenvalue weighted by atomic mass is 16.3. The van der Waals surface area contributed by atoms with Crippen molar-refractivity contribution in [3.8, 4) is 67.7 Å². The molecule has 0 saturated carbocycles. The average Bonchev–Trinajstić information content (AvgIpc) is 3.82. The molecule has 59 heavy (non-hydrogen) atoms. The van der Waals surface area contributed by atoms with Crippen molar-refractivity contribution in [1.29, 1.82) is 0 Å². The van der Waals surface area contributed by atoms with E-state index in [4.69, 9.17) is 14.4 Å². The van der Waals surface area contributed by atoms with Crippen LogP contribution in [0.2, 0.25) is 0 Å². The van der Waals surface area contributed by atoms with Crippen LogP contribution in [0.3, 0.4) is 0 Å². The van der Waals surface area contributed by atoms with E-state index in [0.29, 0.717) is 11.4 Å². The molecule has 0 aliphatic rings. The van der Waals surface area contributed by atoms with Gasteiger partial charge in [0, 0.05) is 45.5 Å². The first kappa shape index (κ1) is 37.8. The van der Waals surface area contributed by atoms with Crippen LogP contribution in [-0.2, 0) is 10.8 Å². The molecule has 5 heteroatoms. The van der Waals surface area contributed by atoms with Gasteiger partial charge in [0.2, 0.25) is 0 Å². The van der Waals surface area contributed by atoms with Crippen molar-refractivity contribution in [2.45, 2.75) is 66.2 Å². The Labute approximate surface area is 346 Å². The van der Waals surface area contributed by atoms with Crippen LogP contribution in [0.1, 0.15) is 63.8 Å². The minimum Gasteiger partial charge on any atom is -0.507 e. The van der Waals surface area contributed by atoms with E-state index < -0.39 is 0 Å². The van der Waals surface area contributed by atoms with Gasteiger partial charge in [0.25, 0.3) is 0 Å². The predicted octanol–water partition coefficient (Wildman–Crippen LogP) is 14.4. The maximum absolute atomic E-state index is 12.3. The monoisotopic (exact) mass is 771 g/mol. The quantitative estimate of drug-likeness (QED) is 0.183. The number of benzene rings is 6. The fraction of sp³-hybridized carbons (Fsp3) is 0.185. The Morgan fingerprint density at radius 3 is 2.00 bits per heavy atom. The molecule has 9 rings (SSSR count). The van der Waals surface area contributed by atoms with Crippen molar-refractivity contribution < 1.29 is 9.52 Å². The van der Waals surface area contributed by atoms with Gasteiger partial charge in [-0.2, -0.15) is 0 Å². The van der Waals surface area contributed by atoms with Crippen LogP contribution in [0.4, 0.5) is 0 Å². The summed E-state index contributed by atoms with van der Waals surface area (Å²) in [6.07, 6.45) is 1.90. The van der Waals surface area contributed by atoms with E-state index >= 15 is 0 Å². The largest absolute Gasteiger partial charge is 0.507 e. The van der Waals surface area contributed by atoms with E-state index in [-0.39, 0.29) is 16.6 Å². The van der Waals surface area contributed by atoms with E-state index in [1.54, 1.807) is 0 Å². The molecule has 5 nitrogen and oxygen atoms in total. The highest BCUT2D eigenvalue weighted by molar-refractivity contribution is 5.98. The molecular weight excluding hydrogens is 723 g/mol. The van der Waals surface area contributed by atoms with Crippen molar-refractivity contribution in [3.05, 3.63) is 168 Å². The molecule has 0 saturated heterocycles. The molecule has 0 amide bonds. The first-order valence-corrected chi connectivity index (χ1v) is 20.4. The number of rotatable bonds is 6. The molecule has 9 aromatic rings. The van der Waals surface area contributed by atoms with Gasteiger partial charge in [-0.25, -0.2) is 4.98 Å². The van der Waals surface area contributed by atoms with E-state index in [9.17, 15) is 5.11 Å². The van der Waals surface area contributed by atoms with Gasteiger partial charge < -0.3 is 9.52 Å². The van der Waals surface area contributed by atoms with Gasteiger partial charge in [-0.3, -0.25) is 9.55 Å². The summed E-state index contributed by atoms with van der Waals surface area (Å²) in [6.45, 7) is 17.4. The summed E-state index contributed by atoms with van der Waals surface area (Å²) in [7, 11) is 0. The highest BCUT2D eigenvalue weighted by Crippen LogP contribution is 2.45. The Morgan fingerprint density at radius 1 is 0.593 bits per heavy atom. The van der Waals surface area contributed by atoms with Gasteiger partial charge in [0.15, 0.2) is 0 Å². The van der Waals surface area contributed by atoms with Crippen molar-refractivity contribution >= 4 is 22.0 Å². The molecule has 0 spiro atoms. The zero-order valence-corrected chi connectivity index (χ0v) is 35.1. The smallest absolute Gasteiger partial charge is 0.149 e. The van der Waals surface area contributed by atoms with Crippen molar-refractivity contribution in [1.82, 2.24) is 14.5 Å². The average molecular weight is 772 g/mol. The second-order valence-corrected chi connectivity index (χ2v) is 17.8. The molecule has 3 heterocycles. The lowest BCUT2D eigenvalue weighted by Gasteiger charge is -2.27. The fourth-order valence-electron chi connectivity index (χ4n) is 8.36. The van der Waals surface area contributed by atoms with Crippen LogP contribution < -0.4 is 0 Å². The predicted molar refractivity (Wildman–Crippen MR) is 244 cm³/mol. The van der Waals surface area contributed by atoms with Crippen LogP contribution in [-0.4, -0.2) is 19.6 Å². The van der Waals surface area contributed by atoms with Crippen LogP contribution in [0.25, 0.3) is 83.9 Å². The molecule has 0 radical (unpaired) electrons. The van der Waals surface area contributed by atoms with Crippen molar-refractivity contribution in [3.63, 3.8) is 0 Å². The topological polar surface area (TPSA) is 64.1 Å². The third-order valence-electron chi connectivity index (χ3n) is 11.5. The molecule has 0 aliphatic carbocycles. The van der Waals surface area contributed by atoms with Gasteiger partial charge in [0.1, 0.15) is 22.9 Å². The first-order chi connectivity index (χ1) is 28.3. The van der Waals surface area contributed by atoms with E-state index in [1.165, 1.54) is 11.1 Å². The summed E-state index contributed by atoms with van der Waals surface area (Å²) in [4.78, 5) is 10.5. The lowest BCUT2D eigenvalue weighted by atomic mass is 9.79. The molecule has 6 aromatic carbocycles. The zero-order valence-electron chi connectivity index (χ0n) is 35.1. The van der Waals surface area contributed by atoms with Gasteiger partial charge in [-0.15, -0.1) is 0 Å². The van der Waals surface area contributed by atoms with Gasteiger partial charge >= 0.3 is 0 Å². The number of phenols is 1. The van der Waals surface area contributed by atoms with Gasteiger partial charge in [-0.1, -0.05) is 145 Å². The number of phenolic OH excluding ortho intramolecular Hbond substituents is 1. The maximum atomic E-state index is 12.3. The summed E-state index contributed by atoms with van der Waals surface area (Å²) in [5.74, 6) is 1.79. The molecule has 292 valence electrons. The van der Waals surface area contributed by atoms with Gasteiger partial charge in [-0.05, 0) is 82.8 Å². The summed E-state index contributed by atoms with van der Waals surface area (Å²) in [5, 5.41) is 13.3. The van der Waals surface area contributed by atoms with E-state index in [1.807, 2.05) is 18.3 Å². The molecule has 1 N–H and O–H groups in total. The Balaban J connectivity index is 1.25. The number of fused-ring (bicyclic) bond motifs is 2. The molecule has 0 aliphatic heterocycles. The standard InChI is InChI=1S/C54H49N3O2/c1-33-17-14-18-34(2)49(33)48-28-38-32-55-44(31-47(38)59-48)37-22-15-21-36(27-37)41-24-16-26-46-50(41)56-52(42-29-39(53(3,4)5)30-43(51(42)58)54(6,7)8)57(46)45-25-13-12-23-40(45)35-19-10-9-11-20-35/h9-32,58H,1-8H3. The first-order valence-electron chi connectivity index (χ1n) is 20.4. The summed E-state index contributed by atoms with van der Waals surface area (Å²) in [6, 6.07) is 48.5. The second-order valence-electron chi connectivity index (χ2n) is 17.8. The normalized spacial score (nSPS) is 12.1. The molecule has 0 atom stereocenters. The number of hydrogen-bond donors (Lipinski definition) is 1. The maximum Gasteiger partial charge on any atom is 0.149 e. The Morgan fingerprint density at radius 2 is 1.25 bits per heavy atom. The highest BCUT2D eigenvalue weighted by Gasteiger charge is 2.29. The van der Waals surface area contributed by atoms with Crippen LogP contribution >= 0.6 is 0 Å². The summed E-state index contributed by atoms with van der Waals surface area (Å²) in [5.41, 5.74) is 15.3. The number of aromatic hydroxyl groups is 1. The van der Waals surface area contributed by atoms with Crippen LogP contribution in [0.15, 0.2) is 150 Å². The van der Waals surface area contributed by atoms with E-state index in [2.05, 4.69) is 187 Å². The number of furan rings is 1. The lowest BCUT2D eigenvalue weighted by molar-refractivity contribution is 0.446. The Hall–Kier alpha value is -6.72. The number of imidazole rings is 1. The molecule has 0 unspecified atom stereocenters. The Bertz CT molecular complexity index is 3020. The van der Waals surface area contributed by atoms with Crippen LogP contribution in [0.5, 0.6) is 5.75 Å². The third-order valence-corrected chi connectivity index (χ3v) is 11.5. The summed E-state index contributed by atoms with van der Waals surface area (Å²) < 4.78 is 8.72. The van der Waals surface area contributed by atoms with Crippen molar-refractivity contribution in [2.75, 3.05) is 0 Å². The minimum absolute atomic E-state index is 0.166. The number of aryl methyl sites for hydroxylation is 2. The SMILES string of the molecule is Cc1cccc(C)c1-c1cc2cnc(-c3cccc(-c4cccc5c4nc(-c4cc(C(C)(C)C)cc(C(C)(C)C)c4O)n5-c4ccccc4-c4ccccc4)c3)cc2o1. The number of hydrogen-bond acceptors (Lipinski definition) is 4. The third kappa shape index (κ3) is 6.80. The Kier molecular flexibility index (Phi) is 9.16. The minimum atomic E-state index is -0.307. The molecular formula is C54H49N3O2. The molecule has 0 bridgehead atoms. The second kappa shape index (κ2) is 14.3. The number of nitrogens with zero attached hydrogens (tertiary/aromatic N) is 3. The fourth-order valence-corrected chi connectivity index (χ4v) is 8.36. The number of aromatic nitrogens is 3. The van der Waals surface area contributed by atoms with E-state index in [0.717, 1.165) is 83.7 Å². The van der Waals surface area contributed by atoms with Gasteiger partial charge in [0.05, 0.1) is 28.0 Å². The van der Waals surface area contributed by atoms with Crippen molar-refractivity contribution in [2.24, 2.45) is 0 Å². The number of para-hydroxylation sites is 2. The van der Waals surface area contributed by atoms with Crippen LogP contribution in [0, 0.1) is 13.8 Å².